The fourth-order valence-corrected chi connectivity index (χ4v) is 4.09. The molecule has 1 aromatic heterocycles. The maximum atomic E-state index is 12.7. The van der Waals surface area contributed by atoms with E-state index in [9.17, 15) is 13.2 Å². The number of hydrogen-bond acceptors (Lipinski definition) is 5. The molecule has 29 heavy (non-hydrogen) atoms. The van der Waals surface area contributed by atoms with Crippen LogP contribution in [0.5, 0.6) is 0 Å². The molecule has 0 fully saturated rings. The molecule has 0 spiro atoms. The van der Waals surface area contributed by atoms with Crippen LogP contribution in [-0.4, -0.2) is 47.5 Å². The summed E-state index contributed by atoms with van der Waals surface area (Å²) in [7, 11) is -0.729. The van der Waals surface area contributed by atoms with Gasteiger partial charge >= 0.3 is 0 Å². The number of carbonyl (C=O) groups is 1. The molecule has 2 aromatic carbocycles. The normalized spacial score (nSPS) is 11.6. The van der Waals surface area contributed by atoms with Crippen LogP contribution in [0.1, 0.15) is 27.3 Å². The van der Waals surface area contributed by atoms with Gasteiger partial charge in [0.2, 0.25) is 10.0 Å². The van der Waals surface area contributed by atoms with Gasteiger partial charge in [0.15, 0.2) is 5.82 Å². The minimum atomic E-state index is -3.66. The van der Waals surface area contributed by atoms with Crippen molar-refractivity contribution >= 4 is 15.9 Å². The third kappa shape index (κ3) is 4.20. The number of rotatable bonds is 6. The Bertz CT molecular complexity index is 1140. The van der Waals surface area contributed by atoms with Crippen LogP contribution in [0.2, 0.25) is 0 Å². The number of carbonyl (C=O) groups excluding carboxylic acids is 1. The lowest BCUT2D eigenvalue weighted by atomic mass is 10.1. The zero-order valence-corrected chi connectivity index (χ0v) is 17.6. The minimum absolute atomic E-state index is 0.125. The molecule has 0 bridgehead atoms. The molecule has 0 aliphatic carbocycles. The summed E-state index contributed by atoms with van der Waals surface area (Å²) >= 11 is 0. The highest BCUT2D eigenvalue weighted by molar-refractivity contribution is 7.89. The van der Waals surface area contributed by atoms with Gasteiger partial charge in [0.05, 0.1) is 11.4 Å². The molecule has 0 aliphatic rings. The fraction of sp³-hybridized carbons (Fsp3) is 0.250. The minimum Gasteiger partial charge on any atom is -0.345 e. The second-order valence-electron chi connectivity index (χ2n) is 6.84. The van der Waals surface area contributed by atoms with E-state index in [4.69, 9.17) is 0 Å². The van der Waals surface area contributed by atoms with E-state index in [1.165, 1.54) is 20.2 Å². The van der Waals surface area contributed by atoms with E-state index >= 15 is 0 Å². The van der Waals surface area contributed by atoms with Gasteiger partial charge < -0.3 is 5.32 Å². The molecular weight excluding hydrogens is 390 g/mol. The molecule has 0 radical (unpaired) electrons. The molecule has 0 saturated heterocycles. The van der Waals surface area contributed by atoms with Crippen LogP contribution in [0.15, 0.2) is 53.7 Å². The van der Waals surface area contributed by atoms with Crippen LogP contribution >= 0.6 is 0 Å². The third-order valence-electron chi connectivity index (χ3n) is 4.70. The number of aryl methyl sites for hydroxylation is 1. The Hall–Kier alpha value is -3.04. The first-order valence-electron chi connectivity index (χ1n) is 8.98. The molecule has 0 unspecified atom stereocenters. The summed E-state index contributed by atoms with van der Waals surface area (Å²) in [4.78, 5) is 12.8. The van der Waals surface area contributed by atoms with Gasteiger partial charge in [-0.15, -0.1) is 10.2 Å². The van der Waals surface area contributed by atoms with Crippen molar-refractivity contribution in [2.75, 3.05) is 14.1 Å². The smallest absolute Gasteiger partial charge is 0.251 e. The summed E-state index contributed by atoms with van der Waals surface area (Å²) in [6.45, 7) is 3.67. The maximum absolute atomic E-state index is 12.7. The number of nitrogens with zero attached hydrogens (tertiary/aromatic N) is 4. The summed E-state index contributed by atoms with van der Waals surface area (Å²) in [5.74, 6) is 0.181. The third-order valence-corrected chi connectivity index (χ3v) is 6.64. The number of hydrogen-bond donors (Lipinski definition) is 1. The van der Waals surface area contributed by atoms with E-state index in [0.717, 1.165) is 15.6 Å². The summed E-state index contributed by atoms with van der Waals surface area (Å²) in [6, 6.07) is 12.6. The lowest BCUT2D eigenvalue weighted by molar-refractivity contribution is 0.0949. The lowest BCUT2D eigenvalue weighted by Gasteiger charge is -2.16. The predicted octanol–water partition coefficient (Wildman–Crippen LogP) is 2.06. The Morgan fingerprint density at radius 1 is 1.14 bits per heavy atom. The Morgan fingerprint density at radius 2 is 1.83 bits per heavy atom. The summed E-state index contributed by atoms with van der Waals surface area (Å²) in [5.41, 5.74) is 2.51. The van der Waals surface area contributed by atoms with Crippen molar-refractivity contribution in [1.82, 2.24) is 24.4 Å². The van der Waals surface area contributed by atoms with Gasteiger partial charge in [-0.2, -0.15) is 0 Å². The monoisotopic (exact) mass is 413 g/mol. The van der Waals surface area contributed by atoms with Crippen molar-refractivity contribution in [3.05, 3.63) is 71.3 Å². The molecule has 3 rings (SSSR count). The standard InChI is InChI=1S/C20H23N5O3S/c1-14-10-16(11-18(15(14)2)29(27,28)24(3)4)20(26)21-12-19-23-22-13-25(19)17-8-6-5-7-9-17/h5-11,13H,12H2,1-4H3,(H,21,26). The highest BCUT2D eigenvalue weighted by Crippen LogP contribution is 2.23. The Kier molecular flexibility index (Phi) is 5.81. The van der Waals surface area contributed by atoms with Crippen molar-refractivity contribution in [1.29, 1.82) is 0 Å². The van der Waals surface area contributed by atoms with E-state index in [0.29, 0.717) is 11.4 Å². The largest absolute Gasteiger partial charge is 0.345 e. The molecule has 0 atom stereocenters. The van der Waals surface area contributed by atoms with Crippen molar-refractivity contribution in [2.24, 2.45) is 0 Å². The molecule has 1 N–H and O–H groups in total. The van der Waals surface area contributed by atoms with E-state index in [1.54, 1.807) is 30.8 Å². The summed E-state index contributed by atoms with van der Waals surface area (Å²) < 4.78 is 28.1. The van der Waals surface area contributed by atoms with Crippen LogP contribution in [0.25, 0.3) is 5.69 Å². The molecule has 1 amide bonds. The van der Waals surface area contributed by atoms with E-state index in [-0.39, 0.29) is 22.9 Å². The van der Waals surface area contributed by atoms with Crippen molar-refractivity contribution in [3.63, 3.8) is 0 Å². The highest BCUT2D eigenvalue weighted by Gasteiger charge is 2.23. The molecule has 0 saturated carbocycles. The van der Waals surface area contributed by atoms with Crippen LogP contribution in [-0.2, 0) is 16.6 Å². The second kappa shape index (κ2) is 8.14. The van der Waals surface area contributed by atoms with E-state index in [2.05, 4.69) is 15.5 Å². The van der Waals surface area contributed by atoms with Gasteiger partial charge in [-0.3, -0.25) is 9.36 Å². The Balaban J connectivity index is 1.85. The first kappa shape index (κ1) is 20.7. The van der Waals surface area contributed by atoms with Gasteiger partial charge in [0.1, 0.15) is 6.33 Å². The van der Waals surface area contributed by atoms with Gasteiger partial charge in [0, 0.05) is 25.3 Å². The number of para-hydroxylation sites is 1. The Morgan fingerprint density at radius 3 is 2.48 bits per heavy atom. The van der Waals surface area contributed by atoms with Crippen molar-refractivity contribution in [2.45, 2.75) is 25.3 Å². The average molecular weight is 414 g/mol. The molecule has 9 heteroatoms. The second-order valence-corrected chi connectivity index (χ2v) is 8.96. The number of aromatic nitrogens is 3. The quantitative estimate of drug-likeness (QED) is 0.667. The molecule has 8 nitrogen and oxygen atoms in total. The maximum Gasteiger partial charge on any atom is 0.251 e. The van der Waals surface area contributed by atoms with Crippen LogP contribution in [0, 0.1) is 13.8 Å². The van der Waals surface area contributed by atoms with Crippen LogP contribution in [0.3, 0.4) is 0 Å². The molecular formula is C20H23N5O3S. The summed E-state index contributed by atoms with van der Waals surface area (Å²) in [6.07, 6.45) is 1.58. The molecule has 152 valence electrons. The fourth-order valence-electron chi connectivity index (χ4n) is 2.87. The number of sulfonamides is 1. The van der Waals surface area contributed by atoms with E-state index < -0.39 is 10.0 Å². The van der Waals surface area contributed by atoms with E-state index in [1.807, 2.05) is 30.3 Å². The van der Waals surface area contributed by atoms with Gasteiger partial charge in [-0.05, 0) is 49.2 Å². The highest BCUT2D eigenvalue weighted by atomic mass is 32.2. The van der Waals surface area contributed by atoms with Crippen LogP contribution < -0.4 is 5.32 Å². The van der Waals surface area contributed by atoms with Gasteiger partial charge in [-0.1, -0.05) is 18.2 Å². The zero-order valence-electron chi connectivity index (χ0n) is 16.7. The van der Waals surface area contributed by atoms with Gasteiger partial charge in [0.25, 0.3) is 5.91 Å². The topological polar surface area (TPSA) is 97.2 Å². The van der Waals surface area contributed by atoms with Crippen molar-refractivity contribution in [3.8, 4) is 5.69 Å². The zero-order chi connectivity index (χ0) is 21.2. The lowest BCUT2D eigenvalue weighted by Crippen LogP contribution is -2.27. The van der Waals surface area contributed by atoms with Crippen molar-refractivity contribution < 1.29 is 13.2 Å². The predicted molar refractivity (Wildman–Crippen MR) is 109 cm³/mol. The molecule has 3 aromatic rings. The first-order valence-corrected chi connectivity index (χ1v) is 10.4. The molecule has 0 aliphatic heterocycles. The van der Waals surface area contributed by atoms with Gasteiger partial charge in [-0.25, -0.2) is 12.7 Å². The number of nitrogens with one attached hydrogen (secondary N) is 1. The number of benzene rings is 2. The first-order chi connectivity index (χ1) is 13.7. The molecule has 1 heterocycles. The Labute approximate surface area is 170 Å². The van der Waals surface area contributed by atoms with Crippen LogP contribution in [0.4, 0.5) is 0 Å². The average Bonchev–Trinajstić information content (AvgIpc) is 3.17. The summed E-state index contributed by atoms with van der Waals surface area (Å²) in [5, 5.41) is 10.8. The number of amides is 1. The SMILES string of the molecule is Cc1cc(C(=O)NCc2nncn2-c2ccccc2)cc(S(=O)(=O)N(C)C)c1C.